The normalized spacial score (nSPS) is 12.1. The van der Waals surface area contributed by atoms with Crippen LogP contribution in [0.1, 0.15) is 22.3 Å². The standard InChI is InChI=1S/C28H31Cl2N3O4S/c1-19-9-8-10-20(2)27(19)33(38(4,36)37)18-26(34)32(17-22-13-14-23(29)16-24(22)30)25(28(35)31-3)15-21-11-6-5-7-12-21/h5-14,16,25H,15,17-18H2,1-4H3,(H,31,35). The number of halogens is 2. The van der Waals surface area contributed by atoms with Gasteiger partial charge in [0, 0.05) is 30.1 Å². The molecule has 0 fully saturated rings. The second-order valence-electron chi connectivity index (χ2n) is 9.09. The third-order valence-corrected chi connectivity index (χ3v) is 7.94. The van der Waals surface area contributed by atoms with Gasteiger partial charge in [0.2, 0.25) is 21.8 Å². The number of hydrogen-bond donors (Lipinski definition) is 1. The van der Waals surface area contributed by atoms with Crippen molar-refractivity contribution >= 4 is 50.7 Å². The van der Waals surface area contributed by atoms with Crippen LogP contribution in [0.15, 0.2) is 66.7 Å². The predicted octanol–water partition coefficient (Wildman–Crippen LogP) is 4.76. The van der Waals surface area contributed by atoms with Gasteiger partial charge in [0.1, 0.15) is 12.6 Å². The van der Waals surface area contributed by atoms with E-state index in [9.17, 15) is 18.0 Å². The summed E-state index contributed by atoms with van der Waals surface area (Å²) in [4.78, 5) is 28.5. The third-order valence-electron chi connectivity index (χ3n) is 6.24. The van der Waals surface area contributed by atoms with E-state index in [4.69, 9.17) is 23.2 Å². The first-order chi connectivity index (χ1) is 17.9. The van der Waals surface area contributed by atoms with Crippen LogP contribution in [0.2, 0.25) is 10.0 Å². The van der Waals surface area contributed by atoms with E-state index in [1.54, 1.807) is 44.2 Å². The number of anilines is 1. The van der Waals surface area contributed by atoms with Crippen molar-refractivity contribution in [3.8, 4) is 0 Å². The topological polar surface area (TPSA) is 86.8 Å². The predicted molar refractivity (Wildman–Crippen MR) is 153 cm³/mol. The summed E-state index contributed by atoms with van der Waals surface area (Å²) in [5, 5.41) is 3.41. The van der Waals surface area contributed by atoms with Crippen LogP contribution in [-0.2, 0) is 32.6 Å². The van der Waals surface area contributed by atoms with Crippen LogP contribution in [-0.4, -0.2) is 51.0 Å². The van der Waals surface area contributed by atoms with Crippen molar-refractivity contribution in [1.82, 2.24) is 10.2 Å². The molecule has 7 nitrogen and oxygen atoms in total. The van der Waals surface area contributed by atoms with Gasteiger partial charge in [0.05, 0.1) is 11.9 Å². The average molecular weight is 577 g/mol. The summed E-state index contributed by atoms with van der Waals surface area (Å²) in [6, 6.07) is 18.7. The van der Waals surface area contributed by atoms with Crippen LogP contribution in [0.4, 0.5) is 5.69 Å². The van der Waals surface area contributed by atoms with Crippen LogP contribution in [0.25, 0.3) is 0 Å². The van der Waals surface area contributed by atoms with E-state index < -0.39 is 28.5 Å². The molecule has 38 heavy (non-hydrogen) atoms. The number of hydrogen-bond acceptors (Lipinski definition) is 4. The third kappa shape index (κ3) is 7.28. The summed E-state index contributed by atoms with van der Waals surface area (Å²) in [5.41, 5.74) is 3.28. The number of likely N-dealkylation sites (N-methyl/N-ethyl adjacent to an activating group) is 1. The van der Waals surface area contributed by atoms with E-state index in [0.29, 0.717) is 32.4 Å². The summed E-state index contributed by atoms with van der Waals surface area (Å²) in [6.45, 7) is 3.07. The molecule has 0 aromatic heterocycles. The van der Waals surface area contributed by atoms with Gasteiger partial charge in [-0.05, 0) is 48.2 Å². The largest absolute Gasteiger partial charge is 0.357 e. The second kappa shape index (κ2) is 12.7. The number of nitrogens with one attached hydrogen (secondary N) is 1. The van der Waals surface area contributed by atoms with Gasteiger partial charge in [-0.25, -0.2) is 8.42 Å². The van der Waals surface area contributed by atoms with Crippen molar-refractivity contribution in [2.45, 2.75) is 32.9 Å². The lowest BCUT2D eigenvalue weighted by molar-refractivity contribution is -0.139. The van der Waals surface area contributed by atoms with Crippen LogP contribution < -0.4 is 9.62 Å². The summed E-state index contributed by atoms with van der Waals surface area (Å²) in [5.74, 6) is -0.932. The Kier molecular flexibility index (Phi) is 9.82. The fraction of sp³-hybridized carbons (Fsp3) is 0.286. The quantitative estimate of drug-likeness (QED) is 0.377. The number of nitrogens with zero attached hydrogens (tertiary/aromatic N) is 2. The number of para-hydroxylation sites is 1. The van der Waals surface area contributed by atoms with E-state index in [1.807, 2.05) is 36.4 Å². The summed E-state index contributed by atoms with van der Waals surface area (Å²) in [7, 11) is -2.35. The first kappa shape index (κ1) is 29.5. The molecule has 3 aromatic carbocycles. The number of aryl methyl sites for hydroxylation is 2. The molecule has 1 unspecified atom stereocenters. The van der Waals surface area contributed by atoms with Crippen molar-refractivity contribution in [2.75, 3.05) is 24.2 Å². The molecule has 0 aliphatic rings. The Labute approximate surface area is 234 Å². The maximum absolute atomic E-state index is 14.0. The van der Waals surface area contributed by atoms with Crippen molar-refractivity contribution in [3.63, 3.8) is 0 Å². The lowest BCUT2D eigenvalue weighted by atomic mass is 10.0. The molecule has 202 valence electrons. The highest BCUT2D eigenvalue weighted by Crippen LogP contribution is 2.28. The highest BCUT2D eigenvalue weighted by atomic mass is 35.5. The zero-order chi connectivity index (χ0) is 28.0. The van der Waals surface area contributed by atoms with E-state index in [1.165, 1.54) is 11.9 Å². The fourth-order valence-corrected chi connectivity index (χ4v) is 5.76. The number of benzene rings is 3. The minimum atomic E-state index is -3.85. The molecule has 0 heterocycles. The maximum Gasteiger partial charge on any atom is 0.244 e. The van der Waals surface area contributed by atoms with Gasteiger partial charge in [-0.3, -0.25) is 13.9 Å². The molecule has 1 atom stereocenters. The van der Waals surface area contributed by atoms with Crippen molar-refractivity contribution in [1.29, 1.82) is 0 Å². The molecule has 3 rings (SSSR count). The van der Waals surface area contributed by atoms with Crippen molar-refractivity contribution in [2.24, 2.45) is 0 Å². The van der Waals surface area contributed by atoms with Crippen LogP contribution in [0.3, 0.4) is 0 Å². The Hall–Kier alpha value is -3.07. The van der Waals surface area contributed by atoms with Gasteiger partial charge in [0.15, 0.2) is 0 Å². The zero-order valence-corrected chi connectivity index (χ0v) is 24.1. The average Bonchev–Trinajstić information content (AvgIpc) is 2.86. The molecular weight excluding hydrogens is 545 g/mol. The van der Waals surface area contributed by atoms with Gasteiger partial charge in [0.25, 0.3) is 0 Å². The molecule has 0 spiro atoms. The van der Waals surface area contributed by atoms with Gasteiger partial charge in [-0.1, -0.05) is 77.8 Å². The molecule has 0 saturated carbocycles. The fourth-order valence-electron chi connectivity index (χ4n) is 4.33. The Morgan fingerprint density at radius 3 is 2.13 bits per heavy atom. The summed E-state index contributed by atoms with van der Waals surface area (Å²) < 4.78 is 27.0. The van der Waals surface area contributed by atoms with Gasteiger partial charge >= 0.3 is 0 Å². The summed E-state index contributed by atoms with van der Waals surface area (Å²) in [6.07, 6.45) is 1.28. The maximum atomic E-state index is 14.0. The Bertz CT molecular complexity index is 1390. The molecule has 0 aliphatic heterocycles. The van der Waals surface area contributed by atoms with E-state index in [2.05, 4.69) is 5.32 Å². The van der Waals surface area contributed by atoms with Crippen LogP contribution in [0, 0.1) is 13.8 Å². The highest BCUT2D eigenvalue weighted by molar-refractivity contribution is 7.92. The van der Waals surface area contributed by atoms with Crippen molar-refractivity contribution < 1.29 is 18.0 Å². The number of sulfonamides is 1. The highest BCUT2D eigenvalue weighted by Gasteiger charge is 2.33. The molecule has 3 aromatic rings. The molecule has 0 saturated heterocycles. The molecule has 2 amide bonds. The molecule has 0 radical (unpaired) electrons. The van der Waals surface area contributed by atoms with Crippen LogP contribution in [0.5, 0.6) is 0 Å². The van der Waals surface area contributed by atoms with Gasteiger partial charge in [-0.15, -0.1) is 0 Å². The van der Waals surface area contributed by atoms with E-state index in [-0.39, 0.29) is 18.9 Å². The van der Waals surface area contributed by atoms with Crippen LogP contribution >= 0.6 is 23.2 Å². The monoisotopic (exact) mass is 575 g/mol. The van der Waals surface area contributed by atoms with Crippen molar-refractivity contribution in [3.05, 3.63) is 99.0 Å². The Morgan fingerprint density at radius 2 is 1.58 bits per heavy atom. The SMILES string of the molecule is CNC(=O)C(Cc1ccccc1)N(Cc1ccc(Cl)cc1Cl)C(=O)CN(c1c(C)cccc1C)S(C)(=O)=O. The number of carbonyl (C=O) groups excluding carboxylic acids is 2. The molecule has 10 heteroatoms. The molecule has 1 N–H and O–H groups in total. The number of carbonyl (C=O) groups is 2. The first-order valence-corrected chi connectivity index (χ1v) is 14.6. The van der Waals surface area contributed by atoms with Gasteiger partial charge < -0.3 is 10.2 Å². The molecular formula is C28H31Cl2N3O4S. The van der Waals surface area contributed by atoms with E-state index >= 15 is 0 Å². The van der Waals surface area contributed by atoms with E-state index in [0.717, 1.165) is 16.1 Å². The molecule has 0 bridgehead atoms. The zero-order valence-electron chi connectivity index (χ0n) is 21.7. The first-order valence-electron chi connectivity index (χ1n) is 11.9. The lowest BCUT2D eigenvalue weighted by Crippen LogP contribution is -2.53. The second-order valence-corrected chi connectivity index (χ2v) is 11.8. The number of amides is 2. The Morgan fingerprint density at radius 1 is 0.947 bits per heavy atom. The molecule has 0 aliphatic carbocycles. The lowest BCUT2D eigenvalue weighted by Gasteiger charge is -2.34. The number of rotatable bonds is 10. The smallest absolute Gasteiger partial charge is 0.244 e. The summed E-state index contributed by atoms with van der Waals surface area (Å²) >= 11 is 12.5. The minimum Gasteiger partial charge on any atom is -0.357 e. The Balaban J connectivity index is 2.09. The minimum absolute atomic E-state index is 0.0237. The van der Waals surface area contributed by atoms with Gasteiger partial charge in [-0.2, -0.15) is 0 Å².